The Kier molecular flexibility index (Phi) is 4.97. The van der Waals surface area contributed by atoms with Crippen molar-refractivity contribution in [3.63, 3.8) is 0 Å². The summed E-state index contributed by atoms with van der Waals surface area (Å²) < 4.78 is 6.85. The van der Waals surface area contributed by atoms with Crippen LogP contribution in [0.3, 0.4) is 0 Å². The molecule has 106 valence electrons. The van der Waals surface area contributed by atoms with E-state index in [1.165, 1.54) is 4.90 Å². The molecule has 1 aromatic rings. The first kappa shape index (κ1) is 15.1. The molecule has 0 saturated carbocycles. The Morgan fingerprint density at radius 2 is 2.05 bits per heavy atom. The predicted molar refractivity (Wildman–Crippen MR) is 72.8 cm³/mol. The molecule has 6 nitrogen and oxygen atoms in total. The molecule has 0 aromatic carbocycles. The lowest BCUT2D eigenvalue weighted by atomic mass is 10.3. The molecule has 0 atom stereocenters. The first-order valence-corrected chi connectivity index (χ1v) is 6.17. The van der Waals surface area contributed by atoms with Gasteiger partial charge in [0.05, 0.1) is 12.1 Å². The van der Waals surface area contributed by atoms with Crippen molar-refractivity contribution < 1.29 is 14.3 Å². The number of rotatable bonds is 5. The van der Waals surface area contributed by atoms with E-state index in [1.54, 1.807) is 30.9 Å². The van der Waals surface area contributed by atoms with Crippen LogP contribution in [-0.2, 0) is 9.53 Å². The van der Waals surface area contributed by atoms with Crippen LogP contribution in [0.4, 0.5) is 5.69 Å². The van der Waals surface area contributed by atoms with Crippen molar-refractivity contribution in [2.45, 2.75) is 26.3 Å². The molecule has 0 fully saturated rings. The number of aromatic nitrogens is 1. The van der Waals surface area contributed by atoms with Crippen molar-refractivity contribution in [1.29, 1.82) is 0 Å². The molecule has 1 amide bonds. The largest absolute Gasteiger partial charge is 0.460 e. The Morgan fingerprint density at radius 1 is 1.42 bits per heavy atom. The van der Waals surface area contributed by atoms with Crippen molar-refractivity contribution in [2.75, 3.05) is 26.4 Å². The molecule has 1 aromatic heterocycles. The fourth-order valence-corrected chi connectivity index (χ4v) is 1.62. The Labute approximate surface area is 113 Å². The van der Waals surface area contributed by atoms with Crippen LogP contribution in [-0.4, -0.2) is 42.0 Å². The normalized spacial score (nSPS) is 10.6. The second-order valence-corrected chi connectivity index (χ2v) is 4.83. The maximum atomic E-state index is 11.9. The van der Waals surface area contributed by atoms with E-state index in [1.807, 2.05) is 13.8 Å². The summed E-state index contributed by atoms with van der Waals surface area (Å²) in [7, 11) is 3.32. The fourth-order valence-electron chi connectivity index (χ4n) is 1.62. The van der Waals surface area contributed by atoms with E-state index in [2.05, 4.69) is 0 Å². The summed E-state index contributed by atoms with van der Waals surface area (Å²) in [6.45, 7) is 3.97. The van der Waals surface area contributed by atoms with Gasteiger partial charge in [-0.15, -0.1) is 0 Å². The molecule has 19 heavy (non-hydrogen) atoms. The van der Waals surface area contributed by atoms with E-state index in [9.17, 15) is 9.59 Å². The molecule has 0 aliphatic rings. The minimum atomic E-state index is -0.461. The van der Waals surface area contributed by atoms with Crippen molar-refractivity contribution in [3.8, 4) is 0 Å². The highest BCUT2D eigenvalue weighted by atomic mass is 16.5. The van der Waals surface area contributed by atoms with Gasteiger partial charge in [0.15, 0.2) is 0 Å². The molecule has 0 aliphatic heterocycles. The van der Waals surface area contributed by atoms with Crippen LogP contribution in [0.25, 0.3) is 0 Å². The Morgan fingerprint density at radius 3 is 2.58 bits per heavy atom. The predicted octanol–water partition coefficient (Wildman–Crippen LogP) is 1.29. The first-order chi connectivity index (χ1) is 8.82. The molecule has 6 heteroatoms. The van der Waals surface area contributed by atoms with Crippen LogP contribution in [0.5, 0.6) is 0 Å². The maximum absolute atomic E-state index is 11.9. The highest BCUT2D eigenvalue weighted by Crippen LogP contribution is 2.17. The molecule has 0 radical (unpaired) electrons. The number of esters is 1. The first-order valence-electron chi connectivity index (χ1n) is 6.17. The summed E-state index contributed by atoms with van der Waals surface area (Å²) in [5.74, 6) is -0.538. The molecule has 1 rings (SSSR count). The summed E-state index contributed by atoms with van der Waals surface area (Å²) in [6, 6.07) is 1.69. The number of nitrogens with two attached hydrogens (primary N) is 1. The van der Waals surface area contributed by atoms with E-state index in [-0.39, 0.29) is 25.0 Å². The third-order valence-electron chi connectivity index (χ3n) is 2.68. The molecule has 0 spiro atoms. The number of carbonyl (C=O) groups excluding carboxylic acids is 2. The lowest BCUT2D eigenvalue weighted by molar-refractivity contribution is -0.129. The number of nitrogens with zero attached hydrogens (tertiary/aromatic N) is 2. The average Bonchev–Trinajstić information content (AvgIpc) is 2.71. The highest BCUT2D eigenvalue weighted by Gasteiger charge is 2.16. The Hall–Kier alpha value is -1.98. The van der Waals surface area contributed by atoms with Crippen molar-refractivity contribution in [2.24, 2.45) is 0 Å². The molecule has 0 aliphatic carbocycles. The smallest absolute Gasteiger partial charge is 0.355 e. The zero-order valence-electron chi connectivity index (χ0n) is 11.8. The second kappa shape index (κ2) is 6.26. The van der Waals surface area contributed by atoms with E-state index in [0.717, 1.165) is 0 Å². The lowest BCUT2D eigenvalue weighted by Crippen LogP contribution is -2.23. The standard InChI is InChI=1S/C13H21N3O3/c1-9(2)16-8-10(14)7-11(16)13(18)19-6-5-12(17)15(3)4/h7-9H,5-6,14H2,1-4H3. The number of amides is 1. The SMILES string of the molecule is CC(C)n1cc(N)cc1C(=O)OCCC(=O)N(C)C. The van der Waals surface area contributed by atoms with Crippen LogP contribution < -0.4 is 5.73 Å². The third kappa shape index (κ3) is 4.01. The monoisotopic (exact) mass is 267 g/mol. The van der Waals surface area contributed by atoms with Gasteiger partial charge in [-0.05, 0) is 19.9 Å². The number of carbonyl (C=O) groups is 2. The molecular formula is C13H21N3O3. The average molecular weight is 267 g/mol. The van der Waals surface area contributed by atoms with Gasteiger partial charge in [-0.2, -0.15) is 0 Å². The number of ether oxygens (including phenoxy) is 1. The van der Waals surface area contributed by atoms with E-state index < -0.39 is 5.97 Å². The van der Waals surface area contributed by atoms with Crippen LogP contribution >= 0.6 is 0 Å². The van der Waals surface area contributed by atoms with Gasteiger partial charge >= 0.3 is 5.97 Å². The van der Waals surface area contributed by atoms with Crippen LogP contribution in [0.15, 0.2) is 12.3 Å². The summed E-state index contributed by atoms with van der Waals surface area (Å²) in [5, 5.41) is 0. The van der Waals surface area contributed by atoms with Gasteiger partial charge in [-0.25, -0.2) is 4.79 Å². The minimum absolute atomic E-state index is 0.0685. The molecule has 0 unspecified atom stereocenters. The highest BCUT2D eigenvalue weighted by molar-refractivity contribution is 5.89. The zero-order chi connectivity index (χ0) is 14.6. The quantitative estimate of drug-likeness (QED) is 0.815. The number of hydrogen-bond donors (Lipinski definition) is 1. The van der Waals surface area contributed by atoms with E-state index in [0.29, 0.717) is 11.4 Å². The third-order valence-corrected chi connectivity index (χ3v) is 2.68. The zero-order valence-corrected chi connectivity index (χ0v) is 11.8. The number of hydrogen-bond acceptors (Lipinski definition) is 4. The van der Waals surface area contributed by atoms with Crippen molar-refractivity contribution in [3.05, 3.63) is 18.0 Å². The lowest BCUT2D eigenvalue weighted by Gasteiger charge is -2.13. The molecule has 0 saturated heterocycles. The summed E-state index contributed by atoms with van der Waals surface area (Å²) in [5.41, 5.74) is 6.61. The Balaban J connectivity index is 2.61. The minimum Gasteiger partial charge on any atom is -0.460 e. The second-order valence-electron chi connectivity index (χ2n) is 4.83. The molecule has 0 bridgehead atoms. The van der Waals surface area contributed by atoms with Gasteiger partial charge in [0.25, 0.3) is 0 Å². The molecule has 1 heterocycles. The van der Waals surface area contributed by atoms with E-state index in [4.69, 9.17) is 10.5 Å². The van der Waals surface area contributed by atoms with Crippen LogP contribution in [0.2, 0.25) is 0 Å². The van der Waals surface area contributed by atoms with Gasteiger partial charge in [0, 0.05) is 26.3 Å². The van der Waals surface area contributed by atoms with Gasteiger partial charge < -0.3 is 19.9 Å². The van der Waals surface area contributed by atoms with Gasteiger partial charge in [0.2, 0.25) is 5.91 Å². The topological polar surface area (TPSA) is 77.6 Å². The molecule has 2 N–H and O–H groups in total. The summed E-state index contributed by atoms with van der Waals surface area (Å²) in [6.07, 6.45) is 1.88. The van der Waals surface area contributed by atoms with Crippen molar-refractivity contribution in [1.82, 2.24) is 9.47 Å². The number of nitrogen functional groups attached to an aromatic ring is 1. The van der Waals surface area contributed by atoms with E-state index >= 15 is 0 Å². The van der Waals surface area contributed by atoms with Crippen LogP contribution in [0, 0.1) is 0 Å². The maximum Gasteiger partial charge on any atom is 0.355 e. The van der Waals surface area contributed by atoms with Crippen molar-refractivity contribution >= 4 is 17.6 Å². The summed E-state index contributed by atoms with van der Waals surface area (Å²) >= 11 is 0. The van der Waals surface area contributed by atoms with Gasteiger partial charge in [0.1, 0.15) is 12.3 Å². The fraction of sp³-hybridized carbons (Fsp3) is 0.538. The molecular weight excluding hydrogens is 246 g/mol. The number of anilines is 1. The Bertz CT molecular complexity index is 464. The van der Waals surface area contributed by atoms with Gasteiger partial charge in [-0.3, -0.25) is 4.79 Å². The summed E-state index contributed by atoms with van der Waals surface area (Å²) in [4.78, 5) is 24.7. The van der Waals surface area contributed by atoms with Gasteiger partial charge in [-0.1, -0.05) is 0 Å². The van der Waals surface area contributed by atoms with Crippen LogP contribution in [0.1, 0.15) is 36.8 Å².